The summed E-state index contributed by atoms with van der Waals surface area (Å²) in [6.07, 6.45) is 3.06. The number of nitrogens with zero attached hydrogens (tertiary/aromatic N) is 2. The molecule has 0 bridgehead atoms. The molecule has 3 nitrogen and oxygen atoms in total. The van der Waals surface area contributed by atoms with Crippen LogP contribution in [-0.2, 0) is 4.74 Å². The molecule has 1 aliphatic heterocycles. The van der Waals surface area contributed by atoms with Crippen molar-refractivity contribution in [1.82, 2.24) is 4.98 Å². The molecule has 2 heterocycles. The van der Waals surface area contributed by atoms with Crippen molar-refractivity contribution < 1.29 is 4.74 Å². The lowest BCUT2D eigenvalue weighted by molar-refractivity contribution is 0.122. The maximum absolute atomic E-state index is 5.36. The average molecular weight is 220 g/mol. The zero-order valence-corrected chi connectivity index (χ0v) is 10.1. The fourth-order valence-electron chi connectivity index (χ4n) is 1.93. The third-order valence-corrected chi connectivity index (χ3v) is 3.26. The van der Waals surface area contributed by atoms with Crippen LogP contribution in [-0.4, -0.2) is 31.3 Å². The standard InChI is InChI=1S/C13H20N2O/c1-3-11(2)13-10-12(4-5-14-13)15-6-8-16-9-7-15/h4-5,10-11H,3,6-9H2,1-2H3. The van der Waals surface area contributed by atoms with Gasteiger partial charge in [0.15, 0.2) is 0 Å². The van der Waals surface area contributed by atoms with Crippen molar-refractivity contribution in [2.45, 2.75) is 26.2 Å². The Morgan fingerprint density at radius 2 is 2.19 bits per heavy atom. The Morgan fingerprint density at radius 1 is 1.44 bits per heavy atom. The van der Waals surface area contributed by atoms with Crippen molar-refractivity contribution in [3.63, 3.8) is 0 Å². The Balaban J connectivity index is 2.14. The monoisotopic (exact) mass is 220 g/mol. The molecule has 0 spiro atoms. The van der Waals surface area contributed by atoms with E-state index >= 15 is 0 Å². The summed E-state index contributed by atoms with van der Waals surface area (Å²) in [6.45, 7) is 8.08. The second kappa shape index (κ2) is 5.30. The minimum absolute atomic E-state index is 0.543. The minimum atomic E-state index is 0.543. The van der Waals surface area contributed by atoms with Gasteiger partial charge < -0.3 is 9.64 Å². The van der Waals surface area contributed by atoms with E-state index in [-0.39, 0.29) is 0 Å². The molecule has 0 radical (unpaired) electrons. The van der Waals surface area contributed by atoms with E-state index in [1.54, 1.807) is 0 Å². The molecule has 0 amide bonds. The zero-order chi connectivity index (χ0) is 11.4. The van der Waals surface area contributed by atoms with Gasteiger partial charge >= 0.3 is 0 Å². The largest absolute Gasteiger partial charge is 0.378 e. The Morgan fingerprint density at radius 3 is 2.88 bits per heavy atom. The topological polar surface area (TPSA) is 25.4 Å². The summed E-state index contributed by atoms with van der Waals surface area (Å²) in [5.74, 6) is 0.543. The van der Waals surface area contributed by atoms with Gasteiger partial charge in [0.25, 0.3) is 0 Å². The normalized spacial score (nSPS) is 18.5. The Labute approximate surface area is 97.4 Å². The first-order valence-corrected chi connectivity index (χ1v) is 6.10. The van der Waals surface area contributed by atoms with E-state index in [4.69, 9.17) is 4.74 Å². The van der Waals surface area contributed by atoms with E-state index in [2.05, 4.69) is 35.9 Å². The van der Waals surface area contributed by atoms with Crippen LogP contribution in [0.25, 0.3) is 0 Å². The molecular weight excluding hydrogens is 200 g/mol. The fourth-order valence-corrected chi connectivity index (χ4v) is 1.93. The molecule has 3 heteroatoms. The third kappa shape index (κ3) is 2.53. The molecule has 16 heavy (non-hydrogen) atoms. The van der Waals surface area contributed by atoms with Gasteiger partial charge in [-0.3, -0.25) is 4.98 Å². The first-order valence-electron chi connectivity index (χ1n) is 6.10. The highest BCUT2D eigenvalue weighted by Gasteiger charge is 2.13. The SMILES string of the molecule is CCC(C)c1cc(N2CCOCC2)ccn1. The van der Waals surface area contributed by atoms with Crippen LogP contribution in [0.15, 0.2) is 18.3 Å². The van der Waals surface area contributed by atoms with Crippen LogP contribution in [0.4, 0.5) is 5.69 Å². The summed E-state index contributed by atoms with van der Waals surface area (Å²) in [5.41, 5.74) is 2.49. The number of hydrogen-bond acceptors (Lipinski definition) is 3. The maximum atomic E-state index is 5.36. The maximum Gasteiger partial charge on any atom is 0.0642 e. The molecule has 0 N–H and O–H groups in total. The lowest BCUT2D eigenvalue weighted by Crippen LogP contribution is -2.36. The second-order valence-electron chi connectivity index (χ2n) is 4.35. The lowest BCUT2D eigenvalue weighted by atomic mass is 10.0. The van der Waals surface area contributed by atoms with Gasteiger partial charge in [-0.25, -0.2) is 0 Å². The number of ether oxygens (including phenoxy) is 1. The number of anilines is 1. The first-order chi connectivity index (χ1) is 7.81. The fraction of sp³-hybridized carbons (Fsp3) is 0.615. The van der Waals surface area contributed by atoms with E-state index in [0.717, 1.165) is 32.7 Å². The third-order valence-electron chi connectivity index (χ3n) is 3.26. The van der Waals surface area contributed by atoms with Crippen LogP contribution in [0.2, 0.25) is 0 Å². The molecule has 1 unspecified atom stereocenters. The molecule has 88 valence electrons. The summed E-state index contributed by atoms with van der Waals surface area (Å²) < 4.78 is 5.36. The molecule has 1 saturated heterocycles. The number of aromatic nitrogens is 1. The van der Waals surface area contributed by atoms with Gasteiger partial charge in [-0.05, 0) is 24.5 Å². The first kappa shape index (κ1) is 11.4. The van der Waals surface area contributed by atoms with Gasteiger partial charge in [0, 0.05) is 30.7 Å². The van der Waals surface area contributed by atoms with Gasteiger partial charge in [-0.1, -0.05) is 13.8 Å². The zero-order valence-electron chi connectivity index (χ0n) is 10.1. The van der Waals surface area contributed by atoms with Crippen molar-refractivity contribution in [2.24, 2.45) is 0 Å². The number of rotatable bonds is 3. The van der Waals surface area contributed by atoms with Crippen LogP contribution >= 0.6 is 0 Å². The quantitative estimate of drug-likeness (QED) is 0.782. The van der Waals surface area contributed by atoms with E-state index in [9.17, 15) is 0 Å². The smallest absolute Gasteiger partial charge is 0.0642 e. The van der Waals surface area contributed by atoms with Crippen LogP contribution in [0, 0.1) is 0 Å². The van der Waals surface area contributed by atoms with E-state index in [1.807, 2.05) is 6.20 Å². The van der Waals surface area contributed by atoms with Gasteiger partial charge in [0.1, 0.15) is 0 Å². The summed E-state index contributed by atoms with van der Waals surface area (Å²) >= 11 is 0. The molecule has 0 aromatic carbocycles. The molecule has 1 atom stereocenters. The molecule has 0 saturated carbocycles. The van der Waals surface area contributed by atoms with E-state index < -0.39 is 0 Å². The van der Waals surface area contributed by atoms with Crippen LogP contribution in [0.1, 0.15) is 31.9 Å². The molecule has 1 aromatic heterocycles. The molecular formula is C13H20N2O. The number of hydrogen-bond donors (Lipinski definition) is 0. The Hall–Kier alpha value is -1.09. The van der Waals surface area contributed by atoms with Crippen LogP contribution < -0.4 is 4.90 Å². The van der Waals surface area contributed by atoms with Crippen molar-refractivity contribution >= 4 is 5.69 Å². The Bertz CT molecular complexity index is 334. The summed E-state index contributed by atoms with van der Waals surface area (Å²) in [4.78, 5) is 6.82. The van der Waals surface area contributed by atoms with E-state index in [0.29, 0.717) is 5.92 Å². The van der Waals surface area contributed by atoms with Crippen molar-refractivity contribution in [2.75, 3.05) is 31.2 Å². The Kier molecular flexibility index (Phi) is 3.78. The molecule has 1 fully saturated rings. The van der Waals surface area contributed by atoms with E-state index in [1.165, 1.54) is 11.4 Å². The van der Waals surface area contributed by atoms with Crippen LogP contribution in [0.3, 0.4) is 0 Å². The second-order valence-corrected chi connectivity index (χ2v) is 4.35. The highest BCUT2D eigenvalue weighted by atomic mass is 16.5. The van der Waals surface area contributed by atoms with Crippen LogP contribution in [0.5, 0.6) is 0 Å². The molecule has 1 aromatic rings. The van der Waals surface area contributed by atoms with Gasteiger partial charge in [0.2, 0.25) is 0 Å². The van der Waals surface area contributed by atoms with Gasteiger partial charge in [0.05, 0.1) is 13.2 Å². The highest BCUT2D eigenvalue weighted by Crippen LogP contribution is 2.22. The summed E-state index contributed by atoms with van der Waals surface area (Å²) in [6, 6.07) is 4.32. The van der Waals surface area contributed by atoms with Gasteiger partial charge in [-0.15, -0.1) is 0 Å². The van der Waals surface area contributed by atoms with Crippen molar-refractivity contribution in [1.29, 1.82) is 0 Å². The molecule has 1 aliphatic rings. The summed E-state index contributed by atoms with van der Waals surface area (Å²) in [7, 11) is 0. The lowest BCUT2D eigenvalue weighted by Gasteiger charge is -2.29. The predicted octanol–water partition coefficient (Wildman–Crippen LogP) is 2.43. The minimum Gasteiger partial charge on any atom is -0.378 e. The van der Waals surface area contributed by atoms with Crippen molar-refractivity contribution in [3.8, 4) is 0 Å². The predicted molar refractivity (Wildman–Crippen MR) is 66.0 cm³/mol. The highest BCUT2D eigenvalue weighted by molar-refractivity contribution is 5.47. The van der Waals surface area contributed by atoms with Crippen molar-refractivity contribution in [3.05, 3.63) is 24.0 Å². The number of pyridine rings is 1. The molecule has 2 rings (SSSR count). The number of morpholine rings is 1. The summed E-state index contributed by atoms with van der Waals surface area (Å²) in [5, 5.41) is 0. The molecule has 0 aliphatic carbocycles. The average Bonchev–Trinajstić information content (AvgIpc) is 2.39. The van der Waals surface area contributed by atoms with Gasteiger partial charge in [-0.2, -0.15) is 0 Å².